The van der Waals surface area contributed by atoms with Gasteiger partial charge < -0.3 is 10.6 Å². The number of hydrogen-bond donors (Lipinski definition) is 1. The normalized spacial score (nSPS) is 16.0. The van der Waals surface area contributed by atoms with Crippen LogP contribution < -0.4 is 10.6 Å². The summed E-state index contributed by atoms with van der Waals surface area (Å²) in [6.07, 6.45) is 4.99. The van der Waals surface area contributed by atoms with Crippen LogP contribution in [0.25, 0.3) is 11.4 Å². The lowest BCUT2D eigenvalue weighted by Crippen LogP contribution is -2.40. The number of aromatic nitrogens is 2. The van der Waals surface area contributed by atoms with Gasteiger partial charge in [0.15, 0.2) is 5.82 Å². The maximum Gasteiger partial charge on any atom is 0.159 e. The van der Waals surface area contributed by atoms with Crippen molar-refractivity contribution in [2.24, 2.45) is 5.73 Å². The Kier molecular flexibility index (Phi) is 4.39. The van der Waals surface area contributed by atoms with E-state index >= 15 is 0 Å². The molecular weight excluding hydrogens is 272 g/mol. The first-order valence-electron chi connectivity index (χ1n) is 8.11. The van der Waals surface area contributed by atoms with Crippen molar-refractivity contribution >= 4 is 5.69 Å². The smallest absolute Gasteiger partial charge is 0.159 e. The Morgan fingerprint density at radius 3 is 2.73 bits per heavy atom. The lowest BCUT2D eigenvalue weighted by atomic mass is 10.0. The summed E-state index contributed by atoms with van der Waals surface area (Å²) in [4.78, 5) is 11.8. The van der Waals surface area contributed by atoms with Crippen molar-refractivity contribution in [3.8, 4) is 11.4 Å². The Balaban J connectivity index is 1.91. The SMILES string of the molecule is CCc1nc(-c2cccc(C)c2)ncc1N1CCC(N)CC1. The summed E-state index contributed by atoms with van der Waals surface area (Å²) < 4.78 is 0. The van der Waals surface area contributed by atoms with Crippen LogP contribution in [0.4, 0.5) is 5.69 Å². The minimum Gasteiger partial charge on any atom is -0.369 e. The van der Waals surface area contributed by atoms with E-state index in [0.717, 1.165) is 49.4 Å². The van der Waals surface area contributed by atoms with Crippen LogP contribution in [0.3, 0.4) is 0 Å². The quantitative estimate of drug-likeness (QED) is 0.946. The van der Waals surface area contributed by atoms with Crippen molar-refractivity contribution in [3.63, 3.8) is 0 Å². The summed E-state index contributed by atoms with van der Waals surface area (Å²) >= 11 is 0. The molecule has 116 valence electrons. The fourth-order valence-corrected chi connectivity index (χ4v) is 3.00. The predicted octanol–water partition coefficient (Wildman–Crippen LogP) is 2.94. The molecule has 1 aromatic heterocycles. The Morgan fingerprint density at radius 1 is 1.27 bits per heavy atom. The van der Waals surface area contributed by atoms with Gasteiger partial charge in [0.25, 0.3) is 0 Å². The highest BCUT2D eigenvalue weighted by molar-refractivity contribution is 5.59. The first-order valence-corrected chi connectivity index (χ1v) is 8.11. The van der Waals surface area contributed by atoms with Crippen LogP contribution in [0.5, 0.6) is 0 Å². The average Bonchev–Trinajstić information content (AvgIpc) is 2.55. The van der Waals surface area contributed by atoms with Gasteiger partial charge >= 0.3 is 0 Å². The van der Waals surface area contributed by atoms with Crippen LogP contribution >= 0.6 is 0 Å². The summed E-state index contributed by atoms with van der Waals surface area (Å²) in [6, 6.07) is 8.69. The highest BCUT2D eigenvalue weighted by atomic mass is 15.2. The monoisotopic (exact) mass is 296 g/mol. The maximum absolute atomic E-state index is 6.00. The highest BCUT2D eigenvalue weighted by Crippen LogP contribution is 2.25. The highest BCUT2D eigenvalue weighted by Gasteiger charge is 2.19. The van der Waals surface area contributed by atoms with Gasteiger partial charge in [-0.15, -0.1) is 0 Å². The lowest BCUT2D eigenvalue weighted by Gasteiger charge is -2.32. The summed E-state index contributed by atoms with van der Waals surface area (Å²) in [7, 11) is 0. The Labute approximate surface area is 132 Å². The molecule has 0 unspecified atom stereocenters. The van der Waals surface area contributed by atoms with Crippen LogP contribution in [0.15, 0.2) is 30.5 Å². The second-order valence-electron chi connectivity index (χ2n) is 6.07. The van der Waals surface area contributed by atoms with E-state index in [1.165, 1.54) is 11.3 Å². The van der Waals surface area contributed by atoms with Gasteiger partial charge in [-0.1, -0.05) is 30.7 Å². The van der Waals surface area contributed by atoms with E-state index in [1.807, 2.05) is 6.20 Å². The van der Waals surface area contributed by atoms with Crippen LogP contribution in [-0.4, -0.2) is 29.1 Å². The zero-order valence-electron chi connectivity index (χ0n) is 13.4. The molecule has 2 aromatic rings. The molecule has 0 bridgehead atoms. The van der Waals surface area contributed by atoms with Gasteiger partial charge in [0.2, 0.25) is 0 Å². The van der Waals surface area contributed by atoms with E-state index in [0.29, 0.717) is 6.04 Å². The first-order chi connectivity index (χ1) is 10.7. The Hall–Kier alpha value is -1.94. The van der Waals surface area contributed by atoms with Crippen molar-refractivity contribution in [3.05, 3.63) is 41.7 Å². The number of rotatable bonds is 3. The molecule has 1 aliphatic rings. The van der Waals surface area contributed by atoms with E-state index in [9.17, 15) is 0 Å². The third-order valence-electron chi connectivity index (χ3n) is 4.34. The third kappa shape index (κ3) is 3.12. The number of aryl methyl sites for hydroxylation is 2. The molecule has 0 spiro atoms. The fourth-order valence-electron chi connectivity index (χ4n) is 3.00. The molecule has 0 atom stereocenters. The molecule has 0 aliphatic carbocycles. The summed E-state index contributed by atoms with van der Waals surface area (Å²) in [5.74, 6) is 0.818. The number of nitrogens with zero attached hydrogens (tertiary/aromatic N) is 3. The molecule has 2 N–H and O–H groups in total. The van der Waals surface area contributed by atoms with Crippen molar-refractivity contribution in [2.75, 3.05) is 18.0 Å². The average molecular weight is 296 g/mol. The summed E-state index contributed by atoms with van der Waals surface area (Å²) in [5.41, 5.74) is 10.6. The number of anilines is 1. The van der Waals surface area contributed by atoms with Gasteiger partial charge in [0, 0.05) is 24.7 Å². The fraction of sp³-hybridized carbons (Fsp3) is 0.444. The van der Waals surface area contributed by atoms with E-state index in [4.69, 9.17) is 10.7 Å². The molecular formula is C18H24N4. The molecule has 1 aliphatic heterocycles. The minimum absolute atomic E-state index is 0.341. The molecule has 0 saturated carbocycles. The van der Waals surface area contributed by atoms with Gasteiger partial charge in [-0.05, 0) is 32.3 Å². The Bertz CT molecular complexity index is 645. The molecule has 22 heavy (non-hydrogen) atoms. The second-order valence-corrected chi connectivity index (χ2v) is 6.07. The second kappa shape index (κ2) is 6.44. The molecule has 4 nitrogen and oxygen atoms in total. The molecule has 0 radical (unpaired) electrons. The zero-order chi connectivity index (χ0) is 15.5. The van der Waals surface area contributed by atoms with E-state index < -0.39 is 0 Å². The van der Waals surface area contributed by atoms with E-state index in [2.05, 4.69) is 48.0 Å². The molecule has 3 rings (SSSR count). The molecule has 1 fully saturated rings. The number of piperidine rings is 1. The predicted molar refractivity (Wildman–Crippen MR) is 91.0 cm³/mol. The van der Waals surface area contributed by atoms with Crippen LogP contribution in [0.2, 0.25) is 0 Å². The van der Waals surface area contributed by atoms with Crippen molar-refractivity contribution in [1.29, 1.82) is 0 Å². The molecule has 0 amide bonds. The zero-order valence-corrected chi connectivity index (χ0v) is 13.4. The van der Waals surface area contributed by atoms with Crippen molar-refractivity contribution in [2.45, 2.75) is 39.2 Å². The number of nitrogens with two attached hydrogens (primary N) is 1. The van der Waals surface area contributed by atoms with Gasteiger partial charge in [-0.2, -0.15) is 0 Å². The van der Waals surface area contributed by atoms with Crippen molar-refractivity contribution < 1.29 is 0 Å². The molecule has 4 heteroatoms. The number of benzene rings is 1. The van der Waals surface area contributed by atoms with Crippen LogP contribution in [-0.2, 0) is 6.42 Å². The minimum atomic E-state index is 0.341. The number of hydrogen-bond acceptors (Lipinski definition) is 4. The largest absolute Gasteiger partial charge is 0.369 e. The Morgan fingerprint density at radius 2 is 2.05 bits per heavy atom. The van der Waals surface area contributed by atoms with Gasteiger partial charge in [0.05, 0.1) is 17.6 Å². The van der Waals surface area contributed by atoms with Gasteiger partial charge in [-0.25, -0.2) is 9.97 Å². The summed E-state index contributed by atoms with van der Waals surface area (Å²) in [6.45, 7) is 6.25. The maximum atomic E-state index is 6.00. The van der Waals surface area contributed by atoms with E-state index in [-0.39, 0.29) is 0 Å². The van der Waals surface area contributed by atoms with Crippen molar-refractivity contribution in [1.82, 2.24) is 9.97 Å². The standard InChI is InChI=1S/C18H24N4/c1-3-16-17(22-9-7-15(19)8-10-22)12-20-18(21-16)14-6-4-5-13(2)11-14/h4-6,11-12,15H,3,7-10,19H2,1-2H3. The van der Waals surface area contributed by atoms with Gasteiger partial charge in [-0.3, -0.25) is 0 Å². The van der Waals surface area contributed by atoms with Gasteiger partial charge in [0.1, 0.15) is 0 Å². The lowest BCUT2D eigenvalue weighted by molar-refractivity contribution is 0.499. The first kappa shape index (κ1) is 15.0. The summed E-state index contributed by atoms with van der Waals surface area (Å²) in [5, 5.41) is 0. The molecule has 2 heterocycles. The molecule has 1 saturated heterocycles. The molecule has 1 aromatic carbocycles. The van der Waals surface area contributed by atoms with Crippen LogP contribution in [0, 0.1) is 6.92 Å². The van der Waals surface area contributed by atoms with E-state index in [1.54, 1.807) is 0 Å². The topological polar surface area (TPSA) is 55.0 Å². The van der Waals surface area contributed by atoms with Crippen LogP contribution in [0.1, 0.15) is 31.0 Å². The third-order valence-corrected chi connectivity index (χ3v) is 4.34.